The first-order valence-electron chi connectivity index (χ1n) is 5.79. The van der Waals surface area contributed by atoms with Crippen molar-refractivity contribution in [3.8, 4) is 11.8 Å². The molecule has 1 aromatic carbocycles. The van der Waals surface area contributed by atoms with E-state index in [0.29, 0.717) is 11.4 Å². The second-order valence-corrected chi connectivity index (χ2v) is 4.33. The summed E-state index contributed by atoms with van der Waals surface area (Å²) in [5, 5.41) is 8.90. The van der Waals surface area contributed by atoms with Gasteiger partial charge in [0.2, 0.25) is 0 Å². The Bertz CT molecular complexity index is 639. The van der Waals surface area contributed by atoms with Gasteiger partial charge in [-0.1, -0.05) is 17.7 Å². The SMILES string of the molecule is Cc1ccc(Oc2ncc(C(=O)O)c(C)n2)c(C)c1. The van der Waals surface area contributed by atoms with Gasteiger partial charge in [0.15, 0.2) is 0 Å². The lowest BCUT2D eigenvalue weighted by Gasteiger charge is -2.08. The molecule has 5 heteroatoms. The Morgan fingerprint density at radius 2 is 2.00 bits per heavy atom. The van der Waals surface area contributed by atoms with Crippen molar-refractivity contribution in [1.82, 2.24) is 9.97 Å². The number of nitrogens with zero attached hydrogens (tertiary/aromatic N) is 2. The fourth-order valence-electron chi connectivity index (χ4n) is 1.72. The summed E-state index contributed by atoms with van der Waals surface area (Å²) in [6.07, 6.45) is 1.25. The lowest BCUT2D eigenvalue weighted by molar-refractivity contribution is 0.0695. The van der Waals surface area contributed by atoms with E-state index in [0.717, 1.165) is 11.1 Å². The fraction of sp³-hybridized carbons (Fsp3) is 0.214. The highest BCUT2D eigenvalue weighted by Crippen LogP contribution is 2.23. The van der Waals surface area contributed by atoms with Gasteiger partial charge < -0.3 is 9.84 Å². The first-order chi connectivity index (χ1) is 8.97. The molecule has 0 amide bonds. The van der Waals surface area contributed by atoms with Crippen LogP contribution < -0.4 is 4.74 Å². The number of carboxylic acids is 1. The minimum atomic E-state index is -1.05. The van der Waals surface area contributed by atoms with Crippen LogP contribution in [0.1, 0.15) is 27.2 Å². The predicted octanol–water partition coefficient (Wildman–Crippen LogP) is 2.89. The maximum absolute atomic E-state index is 10.9. The first kappa shape index (κ1) is 13.0. The number of ether oxygens (including phenoxy) is 1. The molecule has 1 aromatic heterocycles. The summed E-state index contributed by atoms with van der Waals surface area (Å²) in [5.74, 6) is -0.386. The maximum atomic E-state index is 10.9. The van der Waals surface area contributed by atoms with Gasteiger partial charge in [0.25, 0.3) is 0 Å². The number of hydrogen-bond donors (Lipinski definition) is 1. The van der Waals surface area contributed by atoms with E-state index < -0.39 is 5.97 Å². The minimum absolute atomic E-state index is 0.0768. The van der Waals surface area contributed by atoms with Gasteiger partial charge in [-0.15, -0.1) is 0 Å². The second kappa shape index (κ2) is 5.06. The highest BCUT2D eigenvalue weighted by atomic mass is 16.5. The van der Waals surface area contributed by atoms with Crippen molar-refractivity contribution in [2.75, 3.05) is 0 Å². The Morgan fingerprint density at radius 3 is 2.58 bits per heavy atom. The maximum Gasteiger partial charge on any atom is 0.339 e. The van der Waals surface area contributed by atoms with E-state index in [1.54, 1.807) is 6.92 Å². The van der Waals surface area contributed by atoms with Crippen molar-refractivity contribution in [2.45, 2.75) is 20.8 Å². The summed E-state index contributed by atoms with van der Waals surface area (Å²) in [6, 6.07) is 5.91. The highest BCUT2D eigenvalue weighted by Gasteiger charge is 2.11. The standard InChI is InChI=1S/C14H14N2O3/c1-8-4-5-12(9(2)6-8)19-14-15-7-11(13(17)18)10(3)16-14/h4-7H,1-3H3,(H,17,18). The third-order valence-corrected chi connectivity index (χ3v) is 2.72. The summed E-state index contributed by atoms with van der Waals surface area (Å²) >= 11 is 0. The molecule has 0 aliphatic heterocycles. The van der Waals surface area contributed by atoms with Crippen LogP contribution in [0, 0.1) is 20.8 Å². The second-order valence-electron chi connectivity index (χ2n) is 4.33. The summed E-state index contributed by atoms with van der Waals surface area (Å²) in [4.78, 5) is 18.8. The molecule has 0 unspecified atom stereocenters. The Labute approximate surface area is 110 Å². The monoisotopic (exact) mass is 258 g/mol. The topological polar surface area (TPSA) is 72.3 Å². The van der Waals surface area contributed by atoms with E-state index in [2.05, 4.69) is 9.97 Å². The van der Waals surface area contributed by atoms with Crippen LogP contribution in [0.3, 0.4) is 0 Å². The van der Waals surface area contributed by atoms with E-state index >= 15 is 0 Å². The normalized spacial score (nSPS) is 10.3. The van der Waals surface area contributed by atoms with Crippen LogP contribution in [0.25, 0.3) is 0 Å². The van der Waals surface area contributed by atoms with Crippen LogP contribution in [-0.2, 0) is 0 Å². The van der Waals surface area contributed by atoms with Crippen molar-refractivity contribution >= 4 is 5.97 Å². The molecule has 0 aliphatic rings. The van der Waals surface area contributed by atoms with Gasteiger partial charge in [-0.05, 0) is 32.4 Å². The van der Waals surface area contributed by atoms with Gasteiger partial charge in [-0.3, -0.25) is 0 Å². The Balaban J connectivity index is 2.29. The average Bonchev–Trinajstić information content (AvgIpc) is 2.32. The van der Waals surface area contributed by atoms with Gasteiger partial charge in [0.1, 0.15) is 5.75 Å². The van der Waals surface area contributed by atoms with Crippen LogP contribution in [0.2, 0.25) is 0 Å². The van der Waals surface area contributed by atoms with Crippen molar-refractivity contribution in [3.05, 3.63) is 46.8 Å². The number of aryl methyl sites for hydroxylation is 3. The van der Waals surface area contributed by atoms with Gasteiger partial charge in [0, 0.05) is 6.20 Å². The van der Waals surface area contributed by atoms with Gasteiger partial charge in [-0.25, -0.2) is 9.78 Å². The number of carboxylic acid groups (broad SMARTS) is 1. The molecule has 2 aromatic rings. The Hall–Kier alpha value is -2.43. The highest BCUT2D eigenvalue weighted by molar-refractivity contribution is 5.88. The number of carbonyl (C=O) groups is 1. The van der Waals surface area contributed by atoms with Gasteiger partial charge in [-0.2, -0.15) is 4.98 Å². The molecular weight excluding hydrogens is 244 g/mol. The summed E-state index contributed by atoms with van der Waals surface area (Å²) < 4.78 is 5.56. The largest absolute Gasteiger partial charge is 0.478 e. The molecule has 1 N–H and O–H groups in total. The van der Waals surface area contributed by atoms with Crippen LogP contribution in [0.15, 0.2) is 24.4 Å². The van der Waals surface area contributed by atoms with Crippen molar-refractivity contribution in [2.24, 2.45) is 0 Å². The number of hydrogen-bond acceptors (Lipinski definition) is 4. The molecule has 0 fully saturated rings. The van der Waals surface area contributed by atoms with Gasteiger partial charge >= 0.3 is 12.0 Å². The van der Waals surface area contributed by atoms with E-state index in [4.69, 9.17) is 9.84 Å². The van der Waals surface area contributed by atoms with Crippen LogP contribution in [0.5, 0.6) is 11.8 Å². The molecule has 98 valence electrons. The zero-order valence-corrected chi connectivity index (χ0v) is 11.0. The molecule has 0 spiro atoms. The molecule has 0 atom stereocenters. The Kier molecular flexibility index (Phi) is 3.46. The molecule has 0 bridgehead atoms. The van der Waals surface area contributed by atoms with E-state index in [1.807, 2.05) is 32.0 Å². The summed E-state index contributed by atoms with van der Waals surface area (Å²) in [5.41, 5.74) is 2.57. The number of aromatic nitrogens is 2. The lowest BCUT2D eigenvalue weighted by atomic mass is 10.1. The molecule has 2 rings (SSSR count). The van der Waals surface area contributed by atoms with E-state index in [9.17, 15) is 4.79 Å². The zero-order valence-electron chi connectivity index (χ0n) is 11.0. The first-order valence-corrected chi connectivity index (χ1v) is 5.79. The number of benzene rings is 1. The molecule has 0 saturated heterocycles. The third-order valence-electron chi connectivity index (χ3n) is 2.72. The molecule has 5 nitrogen and oxygen atoms in total. The molecule has 19 heavy (non-hydrogen) atoms. The van der Waals surface area contributed by atoms with Crippen LogP contribution in [-0.4, -0.2) is 21.0 Å². The average molecular weight is 258 g/mol. The quantitative estimate of drug-likeness (QED) is 0.916. The molecular formula is C14H14N2O3. The summed E-state index contributed by atoms with van der Waals surface area (Å²) in [6.45, 7) is 5.54. The van der Waals surface area contributed by atoms with E-state index in [1.165, 1.54) is 6.20 Å². The smallest absolute Gasteiger partial charge is 0.339 e. The molecule has 0 radical (unpaired) electrons. The fourth-order valence-corrected chi connectivity index (χ4v) is 1.72. The lowest BCUT2D eigenvalue weighted by Crippen LogP contribution is -2.04. The zero-order chi connectivity index (χ0) is 14.0. The summed E-state index contributed by atoms with van der Waals surface area (Å²) in [7, 11) is 0. The van der Waals surface area contributed by atoms with Crippen molar-refractivity contribution in [1.29, 1.82) is 0 Å². The van der Waals surface area contributed by atoms with Crippen molar-refractivity contribution in [3.63, 3.8) is 0 Å². The number of rotatable bonds is 3. The van der Waals surface area contributed by atoms with Crippen LogP contribution >= 0.6 is 0 Å². The molecule has 1 heterocycles. The van der Waals surface area contributed by atoms with E-state index in [-0.39, 0.29) is 11.6 Å². The number of aromatic carboxylic acids is 1. The molecule has 0 saturated carbocycles. The minimum Gasteiger partial charge on any atom is -0.478 e. The predicted molar refractivity (Wildman–Crippen MR) is 69.7 cm³/mol. The molecule has 0 aliphatic carbocycles. The third kappa shape index (κ3) is 2.88. The van der Waals surface area contributed by atoms with Crippen molar-refractivity contribution < 1.29 is 14.6 Å². The van der Waals surface area contributed by atoms with Gasteiger partial charge in [0.05, 0.1) is 11.3 Å². The Morgan fingerprint density at radius 1 is 1.26 bits per heavy atom. The van der Waals surface area contributed by atoms with Crippen LogP contribution in [0.4, 0.5) is 0 Å².